The maximum Gasteiger partial charge on any atom is 0.164 e. The van der Waals surface area contributed by atoms with Crippen LogP contribution in [0.1, 0.15) is 28.5 Å². The summed E-state index contributed by atoms with van der Waals surface area (Å²) in [6.07, 6.45) is 0. The molecule has 0 saturated carbocycles. The monoisotopic (exact) mass is 264 g/mol. The van der Waals surface area contributed by atoms with E-state index < -0.39 is 0 Å². The van der Waals surface area contributed by atoms with E-state index in [-0.39, 0.29) is 11.6 Å². The van der Waals surface area contributed by atoms with E-state index in [0.717, 1.165) is 0 Å². The minimum atomic E-state index is -0.254. The van der Waals surface area contributed by atoms with Crippen LogP contribution in [-0.2, 0) is 6.54 Å². The summed E-state index contributed by atoms with van der Waals surface area (Å²) in [5, 5.41) is 3.77. The number of ketones is 1. The van der Waals surface area contributed by atoms with Crippen molar-refractivity contribution in [2.75, 3.05) is 5.32 Å². The van der Waals surface area contributed by atoms with Crippen molar-refractivity contribution in [1.82, 2.24) is 4.37 Å². The molecule has 2 aromatic rings. The Morgan fingerprint density at radius 1 is 1.44 bits per heavy atom. The first-order valence-electron chi connectivity index (χ1n) is 5.54. The van der Waals surface area contributed by atoms with Crippen molar-refractivity contribution in [3.8, 4) is 0 Å². The lowest BCUT2D eigenvalue weighted by Crippen LogP contribution is -2.04. The smallest absolute Gasteiger partial charge is 0.164 e. The Morgan fingerprint density at radius 2 is 2.17 bits per heavy atom. The number of carbonyl (C=O) groups is 1. The largest absolute Gasteiger partial charge is 0.371 e. The fraction of sp³-hybridized carbons (Fsp3) is 0.231. The van der Waals surface area contributed by atoms with Gasteiger partial charge in [-0.1, -0.05) is 18.2 Å². The number of nitrogens with one attached hydrogen (secondary N) is 1. The van der Waals surface area contributed by atoms with Crippen molar-refractivity contribution in [3.63, 3.8) is 0 Å². The van der Waals surface area contributed by atoms with E-state index in [2.05, 4.69) is 9.69 Å². The van der Waals surface area contributed by atoms with Gasteiger partial charge in [-0.2, -0.15) is 4.37 Å². The SMILES string of the molecule is CC(=O)c1c(C)nsc1NCc1ccccc1F. The molecule has 0 radical (unpaired) electrons. The molecule has 2 rings (SSSR count). The van der Waals surface area contributed by atoms with Crippen molar-refractivity contribution in [1.29, 1.82) is 0 Å². The molecule has 0 fully saturated rings. The molecule has 0 aliphatic carbocycles. The molecule has 0 saturated heterocycles. The van der Waals surface area contributed by atoms with E-state index in [1.165, 1.54) is 24.5 Å². The molecule has 3 nitrogen and oxygen atoms in total. The highest BCUT2D eigenvalue weighted by atomic mass is 32.1. The van der Waals surface area contributed by atoms with Crippen LogP contribution in [0.3, 0.4) is 0 Å². The zero-order valence-corrected chi connectivity index (χ0v) is 11.0. The van der Waals surface area contributed by atoms with Crippen LogP contribution in [-0.4, -0.2) is 10.2 Å². The predicted octanol–water partition coefficient (Wildman–Crippen LogP) is 3.41. The van der Waals surface area contributed by atoms with Crippen LogP contribution in [0.4, 0.5) is 9.39 Å². The molecule has 18 heavy (non-hydrogen) atoms. The molecule has 0 amide bonds. The van der Waals surface area contributed by atoms with Crippen molar-refractivity contribution in [3.05, 3.63) is 46.9 Å². The summed E-state index contributed by atoms with van der Waals surface area (Å²) in [6.45, 7) is 3.64. The molecule has 1 aromatic heterocycles. The third-order valence-electron chi connectivity index (χ3n) is 2.61. The second-order valence-electron chi connectivity index (χ2n) is 3.97. The first kappa shape index (κ1) is 12.7. The number of anilines is 1. The highest BCUT2D eigenvalue weighted by Gasteiger charge is 2.14. The summed E-state index contributed by atoms with van der Waals surface area (Å²) in [7, 11) is 0. The summed E-state index contributed by atoms with van der Waals surface area (Å²) < 4.78 is 17.6. The summed E-state index contributed by atoms with van der Waals surface area (Å²) in [5.74, 6) is -0.284. The Morgan fingerprint density at radius 3 is 2.83 bits per heavy atom. The van der Waals surface area contributed by atoms with Crippen LogP contribution in [0.25, 0.3) is 0 Å². The van der Waals surface area contributed by atoms with Crippen molar-refractivity contribution >= 4 is 22.3 Å². The van der Waals surface area contributed by atoms with Crippen molar-refractivity contribution in [2.24, 2.45) is 0 Å². The van der Waals surface area contributed by atoms with Gasteiger partial charge in [0.25, 0.3) is 0 Å². The van der Waals surface area contributed by atoms with E-state index >= 15 is 0 Å². The Kier molecular flexibility index (Phi) is 3.72. The maximum atomic E-state index is 13.4. The van der Waals surface area contributed by atoms with Gasteiger partial charge < -0.3 is 5.32 Å². The Labute approximate surface area is 109 Å². The molecular weight excluding hydrogens is 251 g/mol. The van der Waals surface area contributed by atoms with E-state index in [4.69, 9.17) is 0 Å². The fourth-order valence-electron chi connectivity index (χ4n) is 1.72. The number of hydrogen-bond donors (Lipinski definition) is 1. The topological polar surface area (TPSA) is 42.0 Å². The number of aromatic nitrogens is 1. The number of carbonyl (C=O) groups excluding carboxylic acids is 1. The maximum absolute atomic E-state index is 13.4. The van der Waals surface area contributed by atoms with Crippen LogP contribution in [0.5, 0.6) is 0 Å². The highest BCUT2D eigenvalue weighted by molar-refractivity contribution is 7.10. The first-order chi connectivity index (χ1) is 8.59. The van der Waals surface area contributed by atoms with E-state index in [9.17, 15) is 9.18 Å². The van der Waals surface area contributed by atoms with E-state index in [1.54, 1.807) is 25.1 Å². The van der Waals surface area contributed by atoms with Crippen LogP contribution in [0.15, 0.2) is 24.3 Å². The molecule has 0 bridgehead atoms. The lowest BCUT2D eigenvalue weighted by molar-refractivity contribution is 0.101. The van der Waals surface area contributed by atoms with Gasteiger partial charge in [-0.3, -0.25) is 4.79 Å². The van der Waals surface area contributed by atoms with Gasteiger partial charge in [0, 0.05) is 12.1 Å². The number of hydrogen-bond acceptors (Lipinski definition) is 4. The van der Waals surface area contributed by atoms with Crippen LogP contribution < -0.4 is 5.32 Å². The quantitative estimate of drug-likeness (QED) is 0.860. The number of Topliss-reactive ketones (excluding diaryl/α,β-unsaturated/α-hetero) is 1. The number of rotatable bonds is 4. The van der Waals surface area contributed by atoms with Gasteiger partial charge >= 0.3 is 0 Å². The Balaban J connectivity index is 2.16. The van der Waals surface area contributed by atoms with E-state index in [1.807, 2.05) is 0 Å². The molecule has 94 valence electrons. The summed E-state index contributed by atoms with van der Waals surface area (Å²) in [4.78, 5) is 11.5. The molecule has 0 spiro atoms. The number of aryl methyl sites for hydroxylation is 1. The lowest BCUT2D eigenvalue weighted by Gasteiger charge is -2.06. The zero-order valence-electron chi connectivity index (χ0n) is 10.2. The van der Waals surface area contributed by atoms with Gasteiger partial charge in [-0.05, 0) is 31.4 Å². The van der Waals surface area contributed by atoms with E-state index in [0.29, 0.717) is 28.4 Å². The second-order valence-corrected chi connectivity index (χ2v) is 4.75. The molecule has 0 unspecified atom stereocenters. The van der Waals surface area contributed by atoms with Crippen molar-refractivity contribution in [2.45, 2.75) is 20.4 Å². The highest BCUT2D eigenvalue weighted by Crippen LogP contribution is 2.25. The van der Waals surface area contributed by atoms with Gasteiger partial charge in [0.2, 0.25) is 0 Å². The number of halogens is 1. The second kappa shape index (κ2) is 5.27. The first-order valence-corrected chi connectivity index (χ1v) is 6.31. The van der Waals surface area contributed by atoms with Crippen LogP contribution in [0, 0.1) is 12.7 Å². The lowest BCUT2D eigenvalue weighted by atomic mass is 10.1. The summed E-state index contributed by atoms with van der Waals surface area (Å²) >= 11 is 1.23. The van der Waals surface area contributed by atoms with Crippen molar-refractivity contribution < 1.29 is 9.18 Å². The van der Waals surface area contributed by atoms with Gasteiger partial charge in [-0.25, -0.2) is 4.39 Å². The standard InChI is InChI=1S/C13H13FN2OS/c1-8-12(9(2)17)13(18-16-8)15-7-10-5-3-4-6-11(10)14/h3-6,15H,7H2,1-2H3. The molecule has 0 aliphatic rings. The number of nitrogens with zero attached hydrogens (tertiary/aromatic N) is 1. The average molecular weight is 264 g/mol. The van der Waals surface area contributed by atoms with Gasteiger partial charge in [0.15, 0.2) is 5.78 Å². The van der Waals surface area contributed by atoms with Gasteiger partial charge in [-0.15, -0.1) is 0 Å². The molecular formula is C13H13FN2OS. The molecule has 0 atom stereocenters. The van der Waals surface area contributed by atoms with Gasteiger partial charge in [0.1, 0.15) is 10.8 Å². The number of benzene rings is 1. The molecule has 1 aromatic carbocycles. The molecule has 5 heteroatoms. The molecule has 1 heterocycles. The minimum Gasteiger partial charge on any atom is -0.371 e. The predicted molar refractivity (Wildman–Crippen MR) is 70.6 cm³/mol. The Bertz CT molecular complexity index is 580. The Hall–Kier alpha value is -1.75. The average Bonchev–Trinajstić information content (AvgIpc) is 2.69. The van der Waals surface area contributed by atoms with Crippen LogP contribution in [0.2, 0.25) is 0 Å². The zero-order chi connectivity index (χ0) is 13.1. The third-order valence-corrected chi connectivity index (χ3v) is 3.51. The molecule has 1 N–H and O–H groups in total. The third kappa shape index (κ3) is 2.56. The summed E-state index contributed by atoms with van der Waals surface area (Å²) in [5.41, 5.74) is 1.87. The minimum absolute atomic E-state index is 0.0303. The van der Waals surface area contributed by atoms with Gasteiger partial charge in [0.05, 0.1) is 11.3 Å². The fourth-order valence-corrected chi connectivity index (χ4v) is 2.56. The normalized spacial score (nSPS) is 10.4. The summed E-state index contributed by atoms with van der Waals surface area (Å²) in [6, 6.07) is 6.56. The van der Waals surface area contributed by atoms with Crippen LogP contribution >= 0.6 is 11.5 Å². The molecule has 0 aliphatic heterocycles.